The molecule has 5 nitrogen and oxygen atoms in total. The van der Waals surface area contributed by atoms with Gasteiger partial charge < -0.3 is 0 Å². The van der Waals surface area contributed by atoms with Crippen LogP contribution >= 0.6 is 0 Å². The Hall–Kier alpha value is -1.42. The van der Waals surface area contributed by atoms with Crippen molar-refractivity contribution >= 4 is 10.2 Å². The molecule has 2 rings (SSSR count). The van der Waals surface area contributed by atoms with Gasteiger partial charge in [0.15, 0.2) is 0 Å². The van der Waals surface area contributed by atoms with Gasteiger partial charge in [-0.05, 0) is 19.1 Å². The van der Waals surface area contributed by atoms with E-state index in [2.05, 4.69) is 6.07 Å². The Balaban J connectivity index is 0.000000165. The lowest BCUT2D eigenvalue weighted by Gasteiger charge is -1.88. The van der Waals surface area contributed by atoms with E-state index in [1.807, 2.05) is 40.9 Å². The highest BCUT2D eigenvalue weighted by atomic mass is 32.2. The molecule has 14 heavy (non-hydrogen) atoms. The van der Waals surface area contributed by atoms with Crippen LogP contribution in [0.15, 0.2) is 24.3 Å². The molecule has 0 atom stereocenters. The van der Waals surface area contributed by atoms with Crippen LogP contribution in [0.5, 0.6) is 0 Å². The highest BCUT2D eigenvalue weighted by Gasteiger charge is 2.22. The third-order valence-electron chi connectivity index (χ3n) is 1.45. The first kappa shape index (κ1) is 10.7. The van der Waals surface area contributed by atoms with E-state index in [1.165, 1.54) is 5.56 Å². The third-order valence-corrected chi connectivity index (χ3v) is 1.99. The molecule has 2 N–H and O–H groups in total. The summed E-state index contributed by atoms with van der Waals surface area (Å²) >= 11 is 0. The summed E-state index contributed by atoms with van der Waals surface area (Å²) in [6, 6.07) is 9.54. The van der Waals surface area contributed by atoms with E-state index in [0.717, 1.165) is 5.56 Å². The van der Waals surface area contributed by atoms with Crippen molar-refractivity contribution in [1.29, 1.82) is 5.26 Å². The molecule has 1 fully saturated rings. The molecule has 1 aliphatic heterocycles. The molecular weight excluding hydrogens is 202 g/mol. The highest BCUT2D eigenvalue weighted by molar-refractivity contribution is 7.93. The Kier molecular flexibility index (Phi) is 3.19. The summed E-state index contributed by atoms with van der Waals surface area (Å²) in [5.74, 6) is 0. The molecule has 0 spiro atoms. The van der Waals surface area contributed by atoms with Crippen molar-refractivity contribution in [2.24, 2.45) is 0 Å². The van der Waals surface area contributed by atoms with Gasteiger partial charge in [0.25, 0.3) is 0 Å². The molecule has 1 heterocycles. The standard InChI is InChI=1S/C8H7N.H2N2O2S/c1-7-2-4-8(6-9)5-3-7;3-5(4)1-2-5/h2-5H,1H3;1-2H. The summed E-state index contributed by atoms with van der Waals surface area (Å²) < 4.78 is 19.0. The first-order valence-corrected chi connectivity index (χ1v) is 5.27. The maximum Gasteiger partial charge on any atom is 0.304 e. The number of aryl methyl sites for hydroxylation is 1. The fourth-order valence-electron chi connectivity index (χ4n) is 0.662. The number of hydrogen-bond acceptors (Lipinski definition) is 3. The second-order valence-corrected chi connectivity index (χ2v) is 4.10. The van der Waals surface area contributed by atoms with Crippen molar-refractivity contribution in [2.45, 2.75) is 6.92 Å². The molecule has 74 valence electrons. The van der Waals surface area contributed by atoms with Gasteiger partial charge in [-0.1, -0.05) is 17.7 Å². The summed E-state index contributed by atoms with van der Waals surface area (Å²) in [6.07, 6.45) is 0. The lowest BCUT2D eigenvalue weighted by molar-refractivity contribution is 0.611. The van der Waals surface area contributed by atoms with Gasteiger partial charge in [0.05, 0.1) is 11.6 Å². The number of nitriles is 1. The van der Waals surface area contributed by atoms with Crippen molar-refractivity contribution < 1.29 is 8.42 Å². The van der Waals surface area contributed by atoms with Crippen LogP contribution in [0, 0.1) is 18.3 Å². The maximum atomic E-state index is 9.52. The Bertz CT molecular complexity index is 434. The van der Waals surface area contributed by atoms with Gasteiger partial charge in [0, 0.05) is 0 Å². The van der Waals surface area contributed by atoms with Gasteiger partial charge >= 0.3 is 10.2 Å². The number of nitrogens with one attached hydrogen (secondary N) is 2. The smallest absolute Gasteiger partial charge is 0.193 e. The Morgan fingerprint density at radius 3 is 1.93 bits per heavy atom. The fourth-order valence-corrected chi connectivity index (χ4v) is 0.934. The fraction of sp³-hybridized carbons (Fsp3) is 0.125. The zero-order valence-electron chi connectivity index (χ0n) is 7.48. The van der Waals surface area contributed by atoms with E-state index in [-0.39, 0.29) is 0 Å². The van der Waals surface area contributed by atoms with Gasteiger partial charge in [-0.15, -0.1) is 9.66 Å². The predicted molar refractivity (Wildman–Crippen MR) is 51.1 cm³/mol. The minimum atomic E-state index is -2.92. The maximum absolute atomic E-state index is 9.52. The number of hydrazine groups is 1. The van der Waals surface area contributed by atoms with E-state index < -0.39 is 10.2 Å². The van der Waals surface area contributed by atoms with Crippen LogP contribution in [0.4, 0.5) is 0 Å². The van der Waals surface area contributed by atoms with Crippen molar-refractivity contribution in [1.82, 2.24) is 9.66 Å². The average molecular weight is 211 g/mol. The average Bonchev–Trinajstić information content (AvgIpc) is 2.84. The van der Waals surface area contributed by atoms with Crippen LogP contribution in [-0.4, -0.2) is 8.42 Å². The number of nitrogens with zero attached hydrogens (tertiary/aromatic N) is 1. The molecule has 0 bridgehead atoms. The van der Waals surface area contributed by atoms with Crippen LogP contribution in [0.3, 0.4) is 0 Å². The monoisotopic (exact) mass is 211 g/mol. The molecule has 0 aromatic heterocycles. The van der Waals surface area contributed by atoms with E-state index in [9.17, 15) is 8.42 Å². The molecular formula is C8H9N3O2S. The topological polar surface area (TPSA) is 102 Å². The van der Waals surface area contributed by atoms with Crippen molar-refractivity contribution in [3.63, 3.8) is 0 Å². The molecule has 1 saturated heterocycles. The van der Waals surface area contributed by atoms with Gasteiger partial charge in [-0.25, -0.2) is 0 Å². The van der Waals surface area contributed by atoms with E-state index in [1.54, 1.807) is 0 Å². The second kappa shape index (κ2) is 4.19. The number of hydrogen-bond donors (Lipinski definition) is 2. The van der Waals surface area contributed by atoms with Crippen molar-refractivity contribution in [3.8, 4) is 6.07 Å². The second-order valence-electron chi connectivity index (χ2n) is 2.69. The van der Waals surface area contributed by atoms with Crippen molar-refractivity contribution in [3.05, 3.63) is 35.4 Å². The summed E-state index contributed by atoms with van der Waals surface area (Å²) in [5, 5.41) is 8.38. The largest absolute Gasteiger partial charge is 0.304 e. The van der Waals surface area contributed by atoms with Crippen LogP contribution in [0.1, 0.15) is 11.1 Å². The number of benzene rings is 1. The van der Waals surface area contributed by atoms with Gasteiger partial charge in [0.2, 0.25) is 0 Å². The van der Waals surface area contributed by atoms with Crippen LogP contribution in [0.25, 0.3) is 0 Å². The minimum absolute atomic E-state index is 0.723. The summed E-state index contributed by atoms with van der Waals surface area (Å²) in [6.45, 7) is 2.00. The molecule has 0 aliphatic carbocycles. The molecule has 1 aromatic carbocycles. The SMILES string of the molecule is Cc1ccc(C#N)cc1.O=S1(=O)NN1. The number of rotatable bonds is 0. The normalized spacial score (nSPS) is 16.0. The summed E-state index contributed by atoms with van der Waals surface area (Å²) in [7, 11) is -2.92. The van der Waals surface area contributed by atoms with Crippen LogP contribution in [0.2, 0.25) is 0 Å². The van der Waals surface area contributed by atoms with E-state index in [0.29, 0.717) is 0 Å². The quantitative estimate of drug-likeness (QED) is 0.599. The molecule has 1 aromatic rings. The Labute approximate surface area is 82.5 Å². The van der Waals surface area contributed by atoms with Gasteiger partial charge in [0.1, 0.15) is 0 Å². The first-order chi connectivity index (χ1) is 6.53. The molecule has 0 amide bonds. The molecule has 0 saturated carbocycles. The lowest BCUT2D eigenvalue weighted by Crippen LogP contribution is -1.72. The summed E-state index contributed by atoms with van der Waals surface area (Å²) in [4.78, 5) is 3.79. The molecule has 0 radical (unpaired) electrons. The molecule has 0 unspecified atom stereocenters. The Morgan fingerprint density at radius 1 is 1.21 bits per heavy atom. The minimum Gasteiger partial charge on any atom is -0.193 e. The van der Waals surface area contributed by atoms with Gasteiger partial charge in [-0.3, -0.25) is 0 Å². The zero-order chi connectivity index (χ0) is 10.6. The predicted octanol–water partition coefficient (Wildman–Crippen LogP) is 0.206. The third kappa shape index (κ3) is 4.00. The summed E-state index contributed by atoms with van der Waals surface area (Å²) in [5.41, 5.74) is 1.91. The Morgan fingerprint density at radius 2 is 1.64 bits per heavy atom. The van der Waals surface area contributed by atoms with Crippen LogP contribution < -0.4 is 9.66 Å². The van der Waals surface area contributed by atoms with Crippen LogP contribution in [-0.2, 0) is 10.2 Å². The van der Waals surface area contributed by atoms with E-state index in [4.69, 9.17) is 5.26 Å². The highest BCUT2D eigenvalue weighted by Crippen LogP contribution is 1.99. The van der Waals surface area contributed by atoms with E-state index >= 15 is 0 Å². The zero-order valence-corrected chi connectivity index (χ0v) is 8.30. The van der Waals surface area contributed by atoms with Crippen molar-refractivity contribution in [2.75, 3.05) is 0 Å². The lowest BCUT2D eigenvalue weighted by atomic mass is 10.2. The van der Waals surface area contributed by atoms with Gasteiger partial charge in [-0.2, -0.15) is 13.7 Å². The first-order valence-electron chi connectivity index (χ1n) is 3.79. The molecule has 6 heteroatoms. The molecule has 1 aliphatic rings.